The minimum atomic E-state index is -1.04. The molecule has 0 aromatic heterocycles. The van der Waals surface area contributed by atoms with Crippen molar-refractivity contribution < 1.29 is 23.5 Å². The van der Waals surface area contributed by atoms with Crippen molar-refractivity contribution in [3.63, 3.8) is 0 Å². The van der Waals surface area contributed by atoms with Crippen LogP contribution in [-0.4, -0.2) is 25.2 Å². The highest BCUT2D eigenvalue weighted by Gasteiger charge is 2.24. The van der Waals surface area contributed by atoms with E-state index < -0.39 is 29.4 Å². The summed E-state index contributed by atoms with van der Waals surface area (Å²) in [5.74, 6) is -2.85. The van der Waals surface area contributed by atoms with E-state index in [1.165, 1.54) is 6.07 Å². The van der Waals surface area contributed by atoms with Gasteiger partial charge >= 0.3 is 11.9 Å². The number of halogens is 2. The lowest BCUT2D eigenvalue weighted by molar-refractivity contribution is 0.0372. The van der Waals surface area contributed by atoms with Gasteiger partial charge in [0.1, 0.15) is 5.56 Å². The highest BCUT2D eigenvalue weighted by atomic mass is 35.5. The van der Waals surface area contributed by atoms with Crippen molar-refractivity contribution in [3.05, 3.63) is 34.1 Å². The highest BCUT2D eigenvalue weighted by molar-refractivity contribution is 6.33. The molecule has 0 radical (unpaired) electrons. The molecule has 0 unspecified atom stereocenters. The quantitative estimate of drug-likeness (QED) is 0.795. The van der Waals surface area contributed by atoms with Gasteiger partial charge in [0.2, 0.25) is 0 Å². The van der Waals surface area contributed by atoms with Gasteiger partial charge in [0.05, 0.1) is 23.8 Å². The van der Waals surface area contributed by atoms with Crippen LogP contribution in [0.2, 0.25) is 5.02 Å². The summed E-state index contributed by atoms with van der Waals surface area (Å²) in [6.45, 7) is 3.24. The summed E-state index contributed by atoms with van der Waals surface area (Å²) < 4.78 is 23.2. The smallest absolute Gasteiger partial charge is 0.342 e. The molecule has 0 saturated heterocycles. The summed E-state index contributed by atoms with van der Waals surface area (Å²) in [7, 11) is 1.11. The van der Waals surface area contributed by atoms with Crippen LogP contribution in [0.4, 0.5) is 4.39 Å². The van der Waals surface area contributed by atoms with Crippen LogP contribution in [0.1, 0.15) is 34.6 Å². The van der Waals surface area contributed by atoms with Gasteiger partial charge in [-0.3, -0.25) is 0 Å². The third kappa shape index (κ3) is 2.98. The molecule has 0 heterocycles. The summed E-state index contributed by atoms with van der Waals surface area (Å²) in [6, 6.07) is 2.39. The zero-order chi connectivity index (χ0) is 13.9. The van der Waals surface area contributed by atoms with Crippen molar-refractivity contribution in [2.24, 2.45) is 0 Å². The molecule has 0 N–H and O–H groups in total. The van der Waals surface area contributed by atoms with Crippen molar-refractivity contribution in [2.45, 2.75) is 20.0 Å². The van der Waals surface area contributed by atoms with Gasteiger partial charge in [0.15, 0.2) is 5.82 Å². The molecular formula is C12H12ClFO4. The van der Waals surface area contributed by atoms with Gasteiger partial charge in [0, 0.05) is 0 Å². The summed E-state index contributed by atoms with van der Waals surface area (Å²) in [4.78, 5) is 22.9. The molecule has 18 heavy (non-hydrogen) atoms. The van der Waals surface area contributed by atoms with Crippen LogP contribution in [0, 0.1) is 5.82 Å². The summed E-state index contributed by atoms with van der Waals surface area (Å²) in [5.41, 5.74) is -0.828. The average Bonchev–Trinajstić information content (AvgIpc) is 2.27. The molecule has 0 fully saturated rings. The molecule has 0 aliphatic carbocycles. The fourth-order valence-corrected chi connectivity index (χ4v) is 1.50. The predicted molar refractivity (Wildman–Crippen MR) is 63.3 cm³/mol. The van der Waals surface area contributed by atoms with Gasteiger partial charge in [0.25, 0.3) is 0 Å². The topological polar surface area (TPSA) is 52.6 Å². The van der Waals surface area contributed by atoms with E-state index in [1.807, 2.05) is 0 Å². The Kier molecular flexibility index (Phi) is 4.67. The van der Waals surface area contributed by atoms with Crippen molar-refractivity contribution in [1.29, 1.82) is 0 Å². The lowest BCUT2D eigenvalue weighted by Crippen LogP contribution is -2.16. The van der Waals surface area contributed by atoms with Gasteiger partial charge in [-0.1, -0.05) is 11.6 Å². The first-order valence-corrected chi connectivity index (χ1v) is 5.53. The molecule has 0 aliphatic heterocycles. The minimum absolute atomic E-state index is 0.120. The van der Waals surface area contributed by atoms with Crippen LogP contribution in [0.3, 0.4) is 0 Å². The third-order valence-electron chi connectivity index (χ3n) is 2.04. The van der Waals surface area contributed by atoms with Crippen LogP contribution < -0.4 is 0 Å². The number of hydrogen-bond donors (Lipinski definition) is 0. The molecule has 1 rings (SSSR count). The summed E-state index contributed by atoms with van der Waals surface area (Å²) >= 11 is 5.73. The zero-order valence-corrected chi connectivity index (χ0v) is 10.9. The Bertz CT molecular complexity index is 485. The van der Waals surface area contributed by atoms with Crippen molar-refractivity contribution >= 4 is 23.5 Å². The highest BCUT2D eigenvalue weighted by Crippen LogP contribution is 2.24. The van der Waals surface area contributed by atoms with Crippen LogP contribution in [0.25, 0.3) is 0 Å². The molecule has 0 amide bonds. The Hall–Kier alpha value is -1.62. The maximum absolute atomic E-state index is 14.0. The van der Waals surface area contributed by atoms with E-state index in [2.05, 4.69) is 4.74 Å². The summed E-state index contributed by atoms with van der Waals surface area (Å²) in [6.07, 6.45) is -0.422. The molecule has 0 spiro atoms. The molecule has 98 valence electrons. The first-order valence-electron chi connectivity index (χ1n) is 5.15. The minimum Gasteiger partial charge on any atom is -0.465 e. The van der Waals surface area contributed by atoms with E-state index in [0.29, 0.717) is 0 Å². The average molecular weight is 275 g/mol. The maximum Gasteiger partial charge on any atom is 0.342 e. The van der Waals surface area contributed by atoms with Crippen LogP contribution in [0.5, 0.6) is 0 Å². The van der Waals surface area contributed by atoms with Crippen LogP contribution >= 0.6 is 11.6 Å². The van der Waals surface area contributed by atoms with Crippen LogP contribution in [-0.2, 0) is 9.47 Å². The second kappa shape index (κ2) is 5.82. The molecule has 6 heteroatoms. The lowest BCUT2D eigenvalue weighted by atomic mass is 10.1. The predicted octanol–water partition coefficient (Wildman–Crippen LogP) is 2.83. The van der Waals surface area contributed by atoms with Gasteiger partial charge < -0.3 is 9.47 Å². The van der Waals surface area contributed by atoms with Gasteiger partial charge in [-0.2, -0.15) is 0 Å². The zero-order valence-electron chi connectivity index (χ0n) is 10.1. The number of carbonyl (C=O) groups excluding carboxylic acids is 2. The first kappa shape index (κ1) is 14.4. The Morgan fingerprint density at radius 2 is 1.89 bits per heavy atom. The monoisotopic (exact) mass is 274 g/mol. The second-order valence-electron chi connectivity index (χ2n) is 3.73. The van der Waals surface area contributed by atoms with Gasteiger partial charge in [-0.05, 0) is 26.0 Å². The van der Waals surface area contributed by atoms with Crippen LogP contribution in [0.15, 0.2) is 12.1 Å². The van der Waals surface area contributed by atoms with E-state index in [4.69, 9.17) is 16.3 Å². The first-order chi connectivity index (χ1) is 8.38. The molecule has 1 aromatic carbocycles. The normalized spacial score (nSPS) is 10.3. The largest absolute Gasteiger partial charge is 0.465 e. The molecule has 1 aromatic rings. The van der Waals surface area contributed by atoms with E-state index in [9.17, 15) is 14.0 Å². The lowest BCUT2D eigenvalue weighted by Gasteiger charge is -2.11. The number of carbonyl (C=O) groups is 2. The number of rotatable bonds is 3. The standard InChI is InChI=1S/C12H12ClFO4/c1-6(2)18-12(16)9-8(13)5-4-7(10(9)14)11(15)17-3/h4-6H,1-3H3. The summed E-state index contributed by atoms with van der Waals surface area (Å²) in [5, 5.41) is -0.120. The molecule has 0 bridgehead atoms. The van der Waals surface area contributed by atoms with Crippen molar-refractivity contribution in [1.82, 2.24) is 0 Å². The van der Waals surface area contributed by atoms with E-state index in [-0.39, 0.29) is 10.6 Å². The van der Waals surface area contributed by atoms with Crippen molar-refractivity contribution in [2.75, 3.05) is 7.11 Å². The Balaban J connectivity index is 3.26. The molecular weight excluding hydrogens is 263 g/mol. The molecule has 0 saturated carbocycles. The number of ether oxygens (including phenoxy) is 2. The molecule has 4 nitrogen and oxygen atoms in total. The second-order valence-corrected chi connectivity index (χ2v) is 4.14. The number of hydrogen-bond acceptors (Lipinski definition) is 4. The Labute approximate surface area is 109 Å². The SMILES string of the molecule is COC(=O)c1ccc(Cl)c(C(=O)OC(C)C)c1F. The fourth-order valence-electron chi connectivity index (χ4n) is 1.28. The number of esters is 2. The van der Waals surface area contributed by atoms with Gasteiger partial charge in [-0.15, -0.1) is 0 Å². The Morgan fingerprint density at radius 1 is 1.28 bits per heavy atom. The van der Waals surface area contributed by atoms with E-state index in [0.717, 1.165) is 13.2 Å². The van der Waals surface area contributed by atoms with E-state index in [1.54, 1.807) is 13.8 Å². The fraction of sp³-hybridized carbons (Fsp3) is 0.333. The van der Waals surface area contributed by atoms with E-state index >= 15 is 0 Å². The Morgan fingerprint density at radius 3 is 2.39 bits per heavy atom. The molecule has 0 atom stereocenters. The molecule has 0 aliphatic rings. The number of benzene rings is 1. The van der Waals surface area contributed by atoms with Crippen molar-refractivity contribution in [3.8, 4) is 0 Å². The third-order valence-corrected chi connectivity index (χ3v) is 2.36. The number of methoxy groups -OCH3 is 1. The maximum atomic E-state index is 14.0. The van der Waals surface area contributed by atoms with Gasteiger partial charge in [-0.25, -0.2) is 14.0 Å².